The van der Waals surface area contributed by atoms with E-state index in [4.69, 9.17) is 15.2 Å². The smallest absolute Gasteiger partial charge is 0.328 e. The number of nitrogens with two attached hydrogens (primary N) is 1. The third-order valence-electron chi connectivity index (χ3n) is 9.35. The van der Waals surface area contributed by atoms with Gasteiger partial charge in [0.15, 0.2) is 0 Å². The summed E-state index contributed by atoms with van der Waals surface area (Å²) in [7, 11) is 2.86. The van der Waals surface area contributed by atoms with E-state index in [0.29, 0.717) is 21.9 Å². The number of carbonyl (C=O) groups excluding carboxylic acids is 5. The van der Waals surface area contributed by atoms with Gasteiger partial charge in [0.25, 0.3) is 0 Å². The molecule has 6 unspecified atom stereocenters. The molecule has 2 aromatic carbocycles. The minimum absolute atomic E-state index is 0.0960. The van der Waals surface area contributed by atoms with Crippen molar-refractivity contribution in [2.45, 2.75) is 25.7 Å². The molecule has 2 saturated heterocycles. The number of imide groups is 4. The summed E-state index contributed by atoms with van der Waals surface area (Å²) >= 11 is 0. The molecular weight excluding hydrogens is 530 g/mol. The highest BCUT2D eigenvalue weighted by molar-refractivity contribution is 6.24. The van der Waals surface area contributed by atoms with Crippen LogP contribution in [0.1, 0.15) is 31.2 Å². The second-order valence-electron chi connectivity index (χ2n) is 11.1. The number of nitrogens with zero attached hydrogens (tertiary/aromatic N) is 2. The number of para-hydroxylation sites is 1. The predicted octanol–water partition coefficient (Wildman–Crippen LogP) is 2.72. The number of benzene rings is 2. The van der Waals surface area contributed by atoms with Gasteiger partial charge in [0.05, 0.1) is 43.1 Å². The van der Waals surface area contributed by atoms with Crippen molar-refractivity contribution in [3.63, 3.8) is 0 Å². The second-order valence-corrected chi connectivity index (χ2v) is 11.1. The average molecular weight is 560 g/mol. The number of rotatable bonds is 4. The van der Waals surface area contributed by atoms with Gasteiger partial charge in [-0.15, -0.1) is 0 Å². The maximum atomic E-state index is 14.4. The van der Waals surface area contributed by atoms with E-state index in [1.54, 1.807) is 49.4 Å². The van der Waals surface area contributed by atoms with Crippen molar-refractivity contribution in [2.24, 2.45) is 34.8 Å². The first-order valence-electron chi connectivity index (χ1n) is 13.3. The molecule has 6 atom stereocenters. The van der Waals surface area contributed by atoms with Crippen LogP contribution in [-0.4, -0.2) is 53.9 Å². The van der Waals surface area contributed by atoms with Crippen LogP contribution in [0.4, 0.5) is 10.5 Å². The van der Waals surface area contributed by atoms with Gasteiger partial charge in [-0.2, -0.15) is 4.90 Å². The van der Waals surface area contributed by atoms with Crippen molar-refractivity contribution in [3.8, 4) is 17.2 Å². The summed E-state index contributed by atoms with van der Waals surface area (Å²) in [6.45, 7) is 1.70. The van der Waals surface area contributed by atoms with Crippen molar-refractivity contribution >= 4 is 35.3 Å². The molecule has 3 fully saturated rings. The van der Waals surface area contributed by atoms with Crippen LogP contribution in [0.3, 0.4) is 0 Å². The highest BCUT2D eigenvalue weighted by Crippen LogP contribution is 2.65. The molecule has 2 aromatic rings. The van der Waals surface area contributed by atoms with Crippen LogP contribution in [-0.2, 0) is 19.2 Å². The largest absolute Gasteiger partial charge is 0.507 e. The summed E-state index contributed by atoms with van der Waals surface area (Å²) < 4.78 is 11.0. The molecule has 4 aliphatic rings. The van der Waals surface area contributed by atoms with Gasteiger partial charge in [-0.1, -0.05) is 29.8 Å². The molecule has 0 spiro atoms. The molecule has 2 heterocycles. The van der Waals surface area contributed by atoms with Gasteiger partial charge in [0.2, 0.25) is 23.6 Å². The summed E-state index contributed by atoms with van der Waals surface area (Å²) in [5.41, 5.74) is 5.33. The zero-order chi connectivity index (χ0) is 29.4. The van der Waals surface area contributed by atoms with Gasteiger partial charge in [0, 0.05) is 23.6 Å². The molecular formula is C30H29N3O8. The van der Waals surface area contributed by atoms with E-state index in [-0.39, 0.29) is 29.9 Å². The number of hydrogen-bond donors (Lipinski definition) is 2. The van der Waals surface area contributed by atoms with Crippen molar-refractivity contribution in [2.75, 3.05) is 19.1 Å². The van der Waals surface area contributed by atoms with E-state index >= 15 is 0 Å². The second kappa shape index (κ2) is 9.18. The number of anilines is 1. The minimum atomic E-state index is -1.38. The Morgan fingerprint density at radius 1 is 1.00 bits per heavy atom. The number of aromatic hydroxyl groups is 1. The number of allylic oxidation sites excluding steroid dienone is 2. The monoisotopic (exact) mass is 559 g/mol. The minimum Gasteiger partial charge on any atom is -0.507 e. The van der Waals surface area contributed by atoms with Gasteiger partial charge >= 0.3 is 6.03 Å². The first-order valence-corrected chi connectivity index (χ1v) is 13.3. The molecule has 41 heavy (non-hydrogen) atoms. The fourth-order valence-electron chi connectivity index (χ4n) is 7.53. The number of fused-ring (bicyclic) bond motifs is 4. The molecule has 6 amide bonds. The van der Waals surface area contributed by atoms with E-state index in [9.17, 15) is 29.1 Å². The molecule has 2 aliphatic carbocycles. The number of hydrogen-bond acceptors (Lipinski definition) is 8. The summed E-state index contributed by atoms with van der Waals surface area (Å²) in [4.78, 5) is 68.7. The average Bonchev–Trinajstić information content (AvgIpc) is 3.33. The van der Waals surface area contributed by atoms with Gasteiger partial charge in [-0.25, -0.2) is 9.69 Å². The van der Waals surface area contributed by atoms with E-state index in [1.165, 1.54) is 20.3 Å². The quantitative estimate of drug-likeness (QED) is 0.428. The highest BCUT2D eigenvalue weighted by Gasteiger charge is 2.68. The molecule has 212 valence electrons. The number of methoxy groups -OCH3 is 2. The topological polar surface area (TPSA) is 157 Å². The standard InChI is InChI=1S/C30H29N3O8/c1-30-19(26(36)32(28(30)38)14-7-5-4-6-8-14)13-18-16(9-10-17-22(18)27(37)33(25(17)35)29(31)39)24(30)23-20(34)11-15(40-2)12-21(23)41-3/h4-9,11-12,17-19,22,24,34H,10,13H2,1-3H3,(H2,31,39). The van der Waals surface area contributed by atoms with Crippen molar-refractivity contribution in [3.05, 3.63) is 59.7 Å². The molecule has 2 aliphatic heterocycles. The van der Waals surface area contributed by atoms with Gasteiger partial charge in [-0.05, 0) is 37.8 Å². The van der Waals surface area contributed by atoms with Crippen LogP contribution in [0.25, 0.3) is 0 Å². The number of urea groups is 1. The number of amides is 6. The number of carbonyl (C=O) groups is 5. The highest BCUT2D eigenvalue weighted by atomic mass is 16.5. The van der Waals surface area contributed by atoms with E-state index < -0.39 is 64.7 Å². The Bertz CT molecular complexity index is 1550. The third-order valence-corrected chi connectivity index (χ3v) is 9.35. The lowest BCUT2D eigenvalue weighted by Gasteiger charge is -2.49. The molecule has 0 radical (unpaired) electrons. The summed E-state index contributed by atoms with van der Waals surface area (Å²) in [6.07, 6.45) is 2.03. The molecule has 0 bridgehead atoms. The zero-order valence-electron chi connectivity index (χ0n) is 22.7. The van der Waals surface area contributed by atoms with E-state index in [1.807, 2.05) is 0 Å². The molecule has 11 nitrogen and oxygen atoms in total. The van der Waals surface area contributed by atoms with Gasteiger partial charge < -0.3 is 20.3 Å². The third kappa shape index (κ3) is 3.47. The van der Waals surface area contributed by atoms with Gasteiger partial charge in [-0.3, -0.25) is 19.2 Å². The Morgan fingerprint density at radius 3 is 2.34 bits per heavy atom. The van der Waals surface area contributed by atoms with Gasteiger partial charge in [0.1, 0.15) is 17.2 Å². The van der Waals surface area contributed by atoms with E-state index in [0.717, 1.165) is 4.90 Å². The lowest BCUT2D eigenvalue weighted by molar-refractivity contribution is -0.136. The normalized spacial score (nSPS) is 30.5. The molecule has 1 saturated carbocycles. The predicted molar refractivity (Wildman–Crippen MR) is 144 cm³/mol. The summed E-state index contributed by atoms with van der Waals surface area (Å²) in [5, 5.41) is 11.4. The Balaban J connectivity index is 1.58. The maximum absolute atomic E-state index is 14.4. The summed E-state index contributed by atoms with van der Waals surface area (Å²) in [6, 6.07) is 10.4. The number of primary amides is 1. The number of phenolic OH excluding ortho intramolecular Hbond substituents is 1. The Kier molecular flexibility index (Phi) is 5.95. The Morgan fingerprint density at radius 2 is 1.71 bits per heavy atom. The van der Waals surface area contributed by atoms with Crippen LogP contribution < -0.4 is 20.1 Å². The Hall–Kier alpha value is -4.67. The van der Waals surface area contributed by atoms with Crippen LogP contribution in [0, 0.1) is 29.1 Å². The SMILES string of the molecule is COc1cc(O)c(C2C3=CCC4C(=O)N(C(N)=O)C(=O)C4C3CC3C(=O)N(c4ccccc4)C(=O)C32C)c(OC)c1. The first-order chi connectivity index (χ1) is 19.6. The van der Waals surface area contributed by atoms with Crippen molar-refractivity contribution in [1.82, 2.24) is 4.90 Å². The van der Waals surface area contributed by atoms with Crippen LogP contribution in [0.2, 0.25) is 0 Å². The zero-order valence-corrected chi connectivity index (χ0v) is 22.7. The van der Waals surface area contributed by atoms with Crippen LogP contribution in [0.15, 0.2) is 54.1 Å². The maximum Gasteiger partial charge on any atom is 0.328 e. The summed E-state index contributed by atoms with van der Waals surface area (Å²) in [5.74, 6) is -6.16. The van der Waals surface area contributed by atoms with E-state index in [2.05, 4.69) is 0 Å². The van der Waals surface area contributed by atoms with Crippen LogP contribution in [0.5, 0.6) is 17.2 Å². The molecule has 3 N–H and O–H groups in total. The molecule has 0 aromatic heterocycles. The lowest BCUT2D eigenvalue weighted by atomic mass is 9.51. The lowest BCUT2D eigenvalue weighted by Crippen LogP contribution is -2.49. The van der Waals surface area contributed by atoms with Crippen molar-refractivity contribution < 1.29 is 38.6 Å². The van der Waals surface area contributed by atoms with Crippen molar-refractivity contribution in [1.29, 1.82) is 0 Å². The number of ether oxygens (including phenoxy) is 2. The first kappa shape index (κ1) is 26.5. The fraction of sp³-hybridized carbons (Fsp3) is 0.367. The molecule has 11 heteroatoms. The molecule has 6 rings (SSSR count). The number of phenols is 1. The Labute approximate surface area is 235 Å². The van der Waals surface area contributed by atoms with Crippen LogP contribution >= 0.6 is 0 Å². The number of likely N-dealkylation sites (tertiary alicyclic amines) is 1. The fourth-order valence-corrected chi connectivity index (χ4v) is 7.53.